The highest BCUT2D eigenvalue weighted by Crippen LogP contribution is 1.97. The molecule has 0 fully saturated rings. The first-order chi connectivity index (χ1) is 6.54. The molecule has 0 saturated carbocycles. The summed E-state index contributed by atoms with van der Waals surface area (Å²) in [4.78, 5) is 21.3. The summed E-state index contributed by atoms with van der Waals surface area (Å²) >= 11 is 0. The lowest BCUT2D eigenvalue weighted by atomic mass is 10.2. The minimum absolute atomic E-state index is 0.139. The molecule has 1 atom stereocenters. The summed E-state index contributed by atoms with van der Waals surface area (Å²) in [5.41, 5.74) is 10.3. The fourth-order valence-corrected chi connectivity index (χ4v) is 0.974. The van der Waals surface area contributed by atoms with Crippen molar-refractivity contribution in [3.05, 3.63) is 0 Å². The van der Waals surface area contributed by atoms with Crippen LogP contribution in [-0.4, -0.2) is 24.4 Å². The van der Waals surface area contributed by atoms with Crippen molar-refractivity contribution in [1.82, 2.24) is 5.32 Å². The maximum absolute atomic E-state index is 11.0. The Balaban J connectivity index is 3.22. The number of hydrogen-bond acceptors (Lipinski definition) is 3. The SMILES string of the molecule is CC(N)C(=O)NCCCCCC(N)=O. The van der Waals surface area contributed by atoms with Gasteiger partial charge in [0, 0.05) is 13.0 Å². The summed E-state index contributed by atoms with van der Waals surface area (Å²) in [6, 6.07) is -0.458. The predicted octanol–water partition coefficient (Wildman–Crippen LogP) is -0.505. The molecule has 0 rings (SSSR count). The fourth-order valence-electron chi connectivity index (χ4n) is 0.974. The van der Waals surface area contributed by atoms with Crippen LogP contribution >= 0.6 is 0 Å². The van der Waals surface area contributed by atoms with E-state index in [4.69, 9.17) is 11.5 Å². The van der Waals surface area contributed by atoms with E-state index in [0.29, 0.717) is 13.0 Å². The van der Waals surface area contributed by atoms with Gasteiger partial charge in [0.15, 0.2) is 0 Å². The summed E-state index contributed by atoms with van der Waals surface area (Å²) in [5.74, 6) is -0.412. The third-order valence-electron chi connectivity index (χ3n) is 1.81. The van der Waals surface area contributed by atoms with Gasteiger partial charge in [0.1, 0.15) is 0 Å². The number of nitrogens with one attached hydrogen (secondary N) is 1. The van der Waals surface area contributed by atoms with Gasteiger partial charge in [0.25, 0.3) is 0 Å². The molecule has 5 N–H and O–H groups in total. The van der Waals surface area contributed by atoms with Crippen molar-refractivity contribution in [1.29, 1.82) is 0 Å². The number of hydrogen-bond donors (Lipinski definition) is 3. The number of carbonyl (C=O) groups excluding carboxylic acids is 2. The monoisotopic (exact) mass is 201 g/mol. The standard InChI is InChI=1S/C9H19N3O2/c1-7(10)9(14)12-6-4-2-3-5-8(11)13/h7H,2-6,10H2,1H3,(H2,11,13)(H,12,14). The van der Waals surface area contributed by atoms with Crippen molar-refractivity contribution in [3.8, 4) is 0 Å². The van der Waals surface area contributed by atoms with E-state index in [1.807, 2.05) is 0 Å². The number of primary amides is 1. The highest BCUT2D eigenvalue weighted by Gasteiger charge is 2.04. The molecule has 0 aromatic rings. The van der Waals surface area contributed by atoms with E-state index in [0.717, 1.165) is 19.3 Å². The van der Waals surface area contributed by atoms with Gasteiger partial charge in [-0.3, -0.25) is 9.59 Å². The first-order valence-electron chi connectivity index (χ1n) is 4.85. The molecule has 0 aliphatic rings. The molecule has 0 radical (unpaired) electrons. The summed E-state index contributed by atoms with van der Waals surface area (Å²) in [7, 11) is 0. The van der Waals surface area contributed by atoms with Gasteiger partial charge in [0.05, 0.1) is 6.04 Å². The van der Waals surface area contributed by atoms with Gasteiger partial charge in [-0.05, 0) is 19.8 Å². The molecular weight excluding hydrogens is 182 g/mol. The number of amides is 2. The maximum Gasteiger partial charge on any atom is 0.236 e. The van der Waals surface area contributed by atoms with E-state index in [1.165, 1.54) is 0 Å². The molecule has 0 aliphatic carbocycles. The Morgan fingerprint density at radius 3 is 2.43 bits per heavy atom. The predicted molar refractivity (Wildman–Crippen MR) is 54.3 cm³/mol. The Morgan fingerprint density at radius 1 is 1.29 bits per heavy atom. The minimum Gasteiger partial charge on any atom is -0.370 e. The molecule has 82 valence electrons. The van der Waals surface area contributed by atoms with Crippen LogP contribution < -0.4 is 16.8 Å². The van der Waals surface area contributed by atoms with Crippen LogP contribution in [0.5, 0.6) is 0 Å². The lowest BCUT2D eigenvalue weighted by Crippen LogP contribution is -2.38. The molecule has 0 heterocycles. The van der Waals surface area contributed by atoms with Gasteiger partial charge in [-0.1, -0.05) is 6.42 Å². The number of unbranched alkanes of at least 4 members (excludes halogenated alkanes) is 2. The normalized spacial score (nSPS) is 12.1. The summed E-state index contributed by atoms with van der Waals surface area (Å²) in [6.07, 6.45) is 2.94. The maximum atomic E-state index is 11.0. The van der Waals surface area contributed by atoms with Gasteiger partial charge in [-0.2, -0.15) is 0 Å². The van der Waals surface area contributed by atoms with Crippen LogP contribution in [0.25, 0.3) is 0 Å². The lowest BCUT2D eigenvalue weighted by Gasteiger charge is -2.06. The van der Waals surface area contributed by atoms with E-state index >= 15 is 0 Å². The van der Waals surface area contributed by atoms with Crippen molar-refractivity contribution in [3.63, 3.8) is 0 Å². The molecule has 14 heavy (non-hydrogen) atoms. The molecule has 2 amide bonds. The van der Waals surface area contributed by atoms with E-state index in [9.17, 15) is 9.59 Å². The Morgan fingerprint density at radius 2 is 1.93 bits per heavy atom. The second-order valence-corrected chi connectivity index (χ2v) is 3.36. The van der Waals surface area contributed by atoms with Crippen LogP contribution in [-0.2, 0) is 9.59 Å². The Hall–Kier alpha value is -1.10. The van der Waals surface area contributed by atoms with Gasteiger partial charge in [0.2, 0.25) is 11.8 Å². The third-order valence-corrected chi connectivity index (χ3v) is 1.81. The van der Waals surface area contributed by atoms with E-state index in [2.05, 4.69) is 5.32 Å². The average Bonchev–Trinajstić information content (AvgIpc) is 2.09. The van der Waals surface area contributed by atoms with Crippen LogP contribution in [0.2, 0.25) is 0 Å². The summed E-state index contributed by atoms with van der Waals surface area (Å²) in [6.45, 7) is 2.25. The average molecular weight is 201 g/mol. The van der Waals surface area contributed by atoms with Crippen molar-refractivity contribution >= 4 is 11.8 Å². The minimum atomic E-state index is -0.458. The Bertz CT molecular complexity index is 192. The molecule has 0 aromatic carbocycles. The Labute approximate surface area is 84.2 Å². The zero-order valence-corrected chi connectivity index (χ0v) is 8.58. The lowest BCUT2D eigenvalue weighted by molar-refractivity contribution is -0.122. The Kier molecular flexibility index (Phi) is 6.74. The molecule has 0 saturated heterocycles. The van der Waals surface area contributed by atoms with Gasteiger partial charge >= 0.3 is 0 Å². The van der Waals surface area contributed by atoms with E-state index in [-0.39, 0.29) is 11.8 Å². The molecule has 0 spiro atoms. The molecule has 0 aromatic heterocycles. The van der Waals surface area contributed by atoms with Crippen molar-refractivity contribution in [2.75, 3.05) is 6.54 Å². The van der Waals surface area contributed by atoms with E-state index in [1.54, 1.807) is 6.92 Å². The molecule has 5 nitrogen and oxygen atoms in total. The first-order valence-corrected chi connectivity index (χ1v) is 4.85. The number of nitrogens with two attached hydrogens (primary N) is 2. The molecule has 0 aliphatic heterocycles. The topological polar surface area (TPSA) is 98.2 Å². The van der Waals surface area contributed by atoms with Crippen LogP contribution in [0.15, 0.2) is 0 Å². The highest BCUT2D eigenvalue weighted by molar-refractivity contribution is 5.80. The molecule has 1 unspecified atom stereocenters. The van der Waals surface area contributed by atoms with E-state index < -0.39 is 6.04 Å². The first kappa shape index (κ1) is 12.9. The van der Waals surface area contributed by atoms with Crippen molar-refractivity contribution in [2.45, 2.75) is 38.6 Å². The van der Waals surface area contributed by atoms with Crippen LogP contribution in [0.4, 0.5) is 0 Å². The zero-order chi connectivity index (χ0) is 11.0. The van der Waals surface area contributed by atoms with Crippen molar-refractivity contribution in [2.24, 2.45) is 11.5 Å². The largest absolute Gasteiger partial charge is 0.370 e. The zero-order valence-electron chi connectivity index (χ0n) is 8.58. The summed E-state index contributed by atoms with van der Waals surface area (Å²) < 4.78 is 0. The summed E-state index contributed by atoms with van der Waals surface area (Å²) in [5, 5.41) is 2.69. The second-order valence-electron chi connectivity index (χ2n) is 3.36. The fraction of sp³-hybridized carbons (Fsp3) is 0.778. The number of carbonyl (C=O) groups is 2. The smallest absolute Gasteiger partial charge is 0.236 e. The van der Waals surface area contributed by atoms with Crippen LogP contribution in [0.3, 0.4) is 0 Å². The molecule has 0 bridgehead atoms. The number of rotatable bonds is 7. The second kappa shape index (κ2) is 7.32. The van der Waals surface area contributed by atoms with Gasteiger partial charge < -0.3 is 16.8 Å². The van der Waals surface area contributed by atoms with Crippen LogP contribution in [0.1, 0.15) is 32.6 Å². The molecular formula is C9H19N3O2. The van der Waals surface area contributed by atoms with Crippen molar-refractivity contribution < 1.29 is 9.59 Å². The van der Waals surface area contributed by atoms with Crippen LogP contribution in [0, 0.1) is 0 Å². The van der Waals surface area contributed by atoms with Gasteiger partial charge in [-0.25, -0.2) is 0 Å². The molecule has 5 heteroatoms. The quantitative estimate of drug-likeness (QED) is 0.484. The highest BCUT2D eigenvalue weighted by atomic mass is 16.2. The van der Waals surface area contributed by atoms with Gasteiger partial charge in [-0.15, -0.1) is 0 Å². The third kappa shape index (κ3) is 7.54.